The van der Waals surface area contributed by atoms with Crippen molar-refractivity contribution in [2.75, 3.05) is 13.1 Å². The fourth-order valence-electron chi connectivity index (χ4n) is 1.79. The van der Waals surface area contributed by atoms with Gasteiger partial charge >= 0.3 is 6.18 Å². The van der Waals surface area contributed by atoms with Crippen LogP contribution in [0.1, 0.15) is 20.8 Å². The number of morpholine rings is 1. The molecule has 1 heterocycles. The molecule has 0 aromatic rings. The van der Waals surface area contributed by atoms with Gasteiger partial charge in [-0.25, -0.2) is 0 Å². The van der Waals surface area contributed by atoms with Crippen molar-refractivity contribution in [2.24, 2.45) is 5.73 Å². The average molecular weight is 254 g/mol. The largest absolute Gasteiger partial charge is 0.415 e. The molecule has 7 heteroatoms. The summed E-state index contributed by atoms with van der Waals surface area (Å²) in [6.07, 6.45) is -5.33. The lowest BCUT2D eigenvalue weighted by atomic mass is 10.0. The summed E-state index contributed by atoms with van der Waals surface area (Å²) in [4.78, 5) is 12.9. The van der Waals surface area contributed by atoms with Crippen LogP contribution in [0, 0.1) is 0 Å². The molecule has 0 aliphatic carbocycles. The molecule has 0 radical (unpaired) electrons. The Kier molecular flexibility index (Phi) is 3.73. The van der Waals surface area contributed by atoms with E-state index >= 15 is 0 Å². The van der Waals surface area contributed by atoms with Crippen LogP contribution in [-0.4, -0.2) is 47.8 Å². The second kappa shape index (κ2) is 4.45. The van der Waals surface area contributed by atoms with Crippen LogP contribution in [0.5, 0.6) is 0 Å². The third kappa shape index (κ3) is 2.90. The van der Waals surface area contributed by atoms with Crippen LogP contribution in [0.3, 0.4) is 0 Å². The lowest BCUT2D eigenvalue weighted by Gasteiger charge is -2.39. The van der Waals surface area contributed by atoms with E-state index in [1.54, 1.807) is 13.8 Å². The summed E-state index contributed by atoms with van der Waals surface area (Å²) < 4.78 is 43.2. The summed E-state index contributed by atoms with van der Waals surface area (Å²) in [5.74, 6) is -1.10. The Balaban J connectivity index is 2.83. The van der Waals surface area contributed by atoms with Crippen LogP contribution in [0.15, 0.2) is 0 Å². The number of hydrogen-bond acceptors (Lipinski definition) is 3. The van der Waals surface area contributed by atoms with Gasteiger partial charge in [-0.3, -0.25) is 4.79 Å². The third-order valence-corrected chi connectivity index (χ3v) is 2.74. The molecule has 17 heavy (non-hydrogen) atoms. The standard InChI is InChI=1S/C10H17F3N2O2/c1-6-4-15(5-7(2)17-6)8(16)9(3,14)10(11,12)13/h6-7H,4-5,14H2,1-3H3/t6-,7+,9?. The second-order valence-corrected chi connectivity index (χ2v) is 4.67. The number of amides is 1. The molecule has 2 N–H and O–H groups in total. The summed E-state index contributed by atoms with van der Waals surface area (Å²) in [7, 11) is 0. The summed E-state index contributed by atoms with van der Waals surface area (Å²) >= 11 is 0. The fraction of sp³-hybridized carbons (Fsp3) is 0.900. The predicted molar refractivity (Wildman–Crippen MR) is 55.2 cm³/mol. The summed E-state index contributed by atoms with van der Waals surface area (Å²) in [6, 6.07) is 0. The van der Waals surface area contributed by atoms with Crippen LogP contribution in [-0.2, 0) is 9.53 Å². The van der Waals surface area contributed by atoms with Crippen molar-refractivity contribution in [1.82, 2.24) is 4.90 Å². The lowest BCUT2D eigenvalue weighted by Crippen LogP contribution is -2.64. The Morgan fingerprint density at radius 3 is 2.06 bits per heavy atom. The zero-order valence-electron chi connectivity index (χ0n) is 10.0. The van der Waals surface area contributed by atoms with Crippen molar-refractivity contribution in [3.8, 4) is 0 Å². The van der Waals surface area contributed by atoms with Crippen LogP contribution in [0.2, 0.25) is 0 Å². The first kappa shape index (κ1) is 14.2. The number of alkyl halides is 3. The van der Waals surface area contributed by atoms with Crippen LogP contribution >= 0.6 is 0 Å². The van der Waals surface area contributed by atoms with Crippen molar-refractivity contribution < 1.29 is 22.7 Å². The zero-order valence-corrected chi connectivity index (χ0v) is 10.0. The molecule has 1 rings (SSSR count). The number of carbonyl (C=O) groups is 1. The summed E-state index contributed by atoms with van der Waals surface area (Å²) in [6.45, 7) is 4.37. The zero-order chi connectivity index (χ0) is 13.4. The maximum absolute atomic E-state index is 12.6. The monoisotopic (exact) mass is 254 g/mol. The number of ether oxygens (including phenoxy) is 1. The number of carbonyl (C=O) groups excluding carboxylic acids is 1. The lowest BCUT2D eigenvalue weighted by molar-refractivity contribution is -0.198. The average Bonchev–Trinajstić information content (AvgIpc) is 2.13. The highest BCUT2D eigenvalue weighted by atomic mass is 19.4. The van der Waals surface area contributed by atoms with Crippen molar-refractivity contribution in [2.45, 2.75) is 44.7 Å². The van der Waals surface area contributed by atoms with E-state index < -0.39 is 17.6 Å². The molecule has 1 aliphatic rings. The Morgan fingerprint density at radius 2 is 1.71 bits per heavy atom. The molecular weight excluding hydrogens is 237 g/mol. The quantitative estimate of drug-likeness (QED) is 0.756. The fourth-order valence-corrected chi connectivity index (χ4v) is 1.79. The Hall–Kier alpha value is -0.820. The number of halogens is 3. The topological polar surface area (TPSA) is 55.6 Å². The van der Waals surface area contributed by atoms with Gasteiger partial charge in [-0.15, -0.1) is 0 Å². The van der Waals surface area contributed by atoms with Crippen LogP contribution < -0.4 is 5.73 Å². The van der Waals surface area contributed by atoms with Gasteiger partial charge in [-0.2, -0.15) is 13.2 Å². The van der Waals surface area contributed by atoms with Gasteiger partial charge in [0.2, 0.25) is 0 Å². The molecule has 0 bridgehead atoms. The smallest absolute Gasteiger partial charge is 0.372 e. The van der Waals surface area contributed by atoms with Crippen molar-refractivity contribution in [1.29, 1.82) is 0 Å². The maximum Gasteiger partial charge on any atom is 0.415 e. The number of rotatable bonds is 1. The Morgan fingerprint density at radius 1 is 1.29 bits per heavy atom. The van der Waals surface area contributed by atoms with Gasteiger partial charge in [0.15, 0.2) is 5.54 Å². The first-order valence-electron chi connectivity index (χ1n) is 5.36. The molecule has 1 unspecified atom stereocenters. The molecule has 1 amide bonds. The Bertz CT molecular complexity index is 294. The van der Waals surface area contributed by atoms with Gasteiger partial charge in [0.1, 0.15) is 0 Å². The molecule has 1 saturated heterocycles. The first-order chi connectivity index (χ1) is 7.55. The third-order valence-electron chi connectivity index (χ3n) is 2.74. The molecular formula is C10H17F3N2O2. The van der Waals surface area contributed by atoms with Gasteiger partial charge in [0.25, 0.3) is 5.91 Å². The number of nitrogens with zero attached hydrogens (tertiary/aromatic N) is 1. The van der Waals surface area contributed by atoms with E-state index in [1.807, 2.05) is 0 Å². The second-order valence-electron chi connectivity index (χ2n) is 4.67. The van der Waals surface area contributed by atoms with E-state index in [1.165, 1.54) is 0 Å². The van der Waals surface area contributed by atoms with Gasteiger partial charge in [-0.05, 0) is 20.8 Å². The van der Waals surface area contributed by atoms with Gasteiger partial charge < -0.3 is 15.4 Å². The minimum Gasteiger partial charge on any atom is -0.372 e. The molecule has 0 aromatic carbocycles. The molecule has 3 atom stereocenters. The minimum atomic E-state index is -4.76. The van der Waals surface area contributed by atoms with Crippen molar-refractivity contribution in [3.05, 3.63) is 0 Å². The van der Waals surface area contributed by atoms with Gasteiger partial charge in [0, 0.05) is 13.1 Å². The van der Waals surface area contributed by atoms with E-state index in [0.29, 0.717) is 6.92 Å². The molecule has 1 fully saturated rings. The molecule has 0 saturated carbocycles. The van der Waals surface area contributed by atoms with Crippen molar-refractivity contribution in [3.63, 3.8) is 0 Å². The Labute approximate surface area is 97.9 Å². The van der Waals surface area contributed by atoms with Gasteiger partial charge in [-0.1, -0.05) is 0 Å². The van der Waals surface area contributed by atoms with E-state index in [9.17, 15) is 18.0 Å². The van der Waals surface area contributed by atoms with E-state index in [2.05, 4.69) is 0 Å². The summed E-state index contributed by atoms with van der Waals surface area (Å²) in [5.41, 5.74) is 2.26. The maximum atomic E-state index is 12.6. The van der Waals surface area contributed by atoms with E-state index in [4.69, 9.17) is 10.5 Å². The highest BCUT2D eigenvalue weighted by Crippen LogP contribution is 2.30. The van der Waals surface area contributed by atoms with E-state index in [0.717, 1.165) is 4.90 Å². The van der Waals surface area contributed by atoms with Crippen LogP contribution in [0.4, 0.5) is 13.2 Å². The molecule has 100 valence electrons. The molecule has 4 nitrogen and oxygen atoms in total. The van der Waals surface area contributed by atoms with E-state index in [-0.39, 0.29) is 25.3 Å². The molecule has 0 spiro atoms. The van der Waals surface area contributed by atoms with Gasteiger partial charge in [0.05, 0.1) is 12.2 Å². The minimum absolute atomic E-state index is 0.131. The first-order valence-corrected chi connectivity index (χ1v) is 5.36. The number of hydrogen-bond donors (Lipinski definition) is 1. The molecule has 0 aromatic heterocycles. The molecule has 1 aliphatic heterocycles. The predicted octanol–water partition coefficient (Wildman–Crippen LogP) is 0.902. The van der Waals surface area contributed by atoms with Crippen LogP contribution in [0.25, 0.3) is 0 Å². The SMILES string of the molecule is C[C@@H]1CN(C(=O)C(C)(N)C(F)(F)F)C[C@H](C)O1. The normalized spacial score (nSPS) is 29.9. The highest BCUT2D eigenvalue weighted by molar-refractivity contribution is 5.86. The summed E-state index contributed by atoms with van der Waals surface area (Å²) in [5, 5.41) is 0. The highest BCUT2D eigenvalue weighted by Gasteiger charge is 2.55. The number of nitrogens with two attached hydrogens (primary N) is 1. The van der Waals surface area contributed by atoms with Crippen molar-refractivity contribution >= 4 is 5.91 Å².